The van der Waals surface area contributed by atoms with Crippen LogP contribution in [0, 0.1) is 6.92 Å². The molecule has 1 aromatic heterocycles. The van der Waals surface area contributed by atoms with E-state index in [1.807, 2.05) is 6.92 Å². The molecular formula is C11H14N4O2S. The number of nitrogen functional groups attached to an aromatic ring is 1. The molecule has 0 bridgehead atoms. The second-order valence-electron chi connectivity index (χ2n) is 3.90. The fourth-order valence-electron chi connectivity index (χ4n) is 1.55. The minimum atomic E-state index is -3.62. The van der Waals surface area contributed by atoms with Crippen molar-refractivity contribution in [2.45, 2.75) is 18.4 Å². The molecule has 0 atom stereocenters. The number of aromatic amines is 1. The number of benzene rings is 1. The molecular weight excluding hydrogens is 252 g/mol. The van der Waals surface area contributed by atoms with E-state index in [0.717, 1.165) is 5.56 Å². The van der Waals surface area contributed by atoms with Crippen LogP contribution >= 0.6 is 0 Å². The Hall–Kier alpha value is -1.86. The zero-order valence-corrected chi connectivity index (χ0v) is 10.7. The van der Waals surface area contributed by atoms with Gasteiger partial charge in [-0.2, -0.15) is 0 Å². The van der Waals surface area contributed by atoms with Gasteiger partial charge in [-0.25, -0.2) is 18.1 Å². The third kappa shape index (κ3) is 2.69. The minimum absolute atomic E-state index is 0.0830. The first kappa shape index (κ1) is 12.6. The summed E-state index contributed by atoms with van der Waals surface area (Å²) < 4.78 is 26.5. The van der Waals surface area contributed by atoms with Gasteiger partial charge in [0.05, 0.1) is 12.2 Å². The Bertz CT molecular complexity index is 635. The lowest BCUT2D eigenvalue weighted by Gasteiger charge is -2.08. The third-order valence-electron chi connectivity index (χ3n) is 2.44. The SMILES string of the molecule is Cc1ccc(S(=O)(=O)NCc2ncc[nH]2)c(N)c1. The molecule has 7 heteroatoms. The van der Waals surface area contributed by atoms with Gasteiger partial charge >= 0.3 is 0 Å². The fourth-order valence-corrected chi connectivity index (χ4v) is 2.65. The highest BCUT2D eigenvalue weighted by atomic mass is 32.2. The topological polar surface area (TPSA) is 101 Å². The summed E-state index contributed by atoms with van der Waals surface area (Å²) in [6.45, 7) is 1.95. The standard InChI is InChI=1S/C11H14N4O2S/c1-8-2-3-10(9(12)6-8)18(16,17)15-7-11-13-4-5-14-11/h2-6,15H,7,12H2,1H3,(H,13,14). The molecule has 0 aliphatic carbocycles. The normalized spacial score (nSPS) is 11.6. The van der Waals surface area contributed by atoms with Crippen LogP contribution in [-0.4, -0.2) is 18.4 Å². The summed E-state index contributed by atoms with van der Waals surface area (Å²) in [7, 11) is -3.62. The van der Waals surface area contributed by atoms with Crippen LogP contribution in [0.15, 0.2) is 35.5 Å². The molecule has 4 N–H and O–H groups in total. The maximum absolute atomic E-state index is 12.0. The van der Waals surface area contributed by atoms with Crippen LogP contribution in [0.25, 0.3) is 0 Å². The van der Waals surface area contributed by atoms with E-state index in [1.54, 1.807) is 24.5 Å². The van der Waals surface area contributed by atoms with Crippen LogP contribution in [0.4, 0.5) is 5.69 Å². The van der Waals surface area contributed by atoms with Gasteiger partial charge in [-0.15, -0.1) is 0 Å². The lowest BCUT2D eigenvalue weighted by atomic mass is 10.2. The summed E-state index contributed by atoms with van der Waals surface area (Å²) in [5.41, 5.74) is 6.87. The van der Waals surface area contributed by atoms with Gasteiger partial charge in [0.25, 0.3) is 0 Å². The zero-order chi connectivity index (χ0) is 13.2. The van der Waals surface area contributed by atoms with E-state index in [2.05, 4.69) is 14.7 Å². The van der Waals surface area contributed by atoms with E-state index >= 15 is 0 Å². The first-order valence-corrected chi connectivity index (χ1v) is 6.81. The third-order valence-corrected chi connectivity index (χ3v) is 3.91. The molecule has 18 heavy (non-hydrogen) atoms. The molecule has 1 aromatic carbocycles. The number of sulfonamides is 1. The van der Waals surface area contributed by atoms with Gasteiger partial charge in [0.2, 0.25) is 10.0 Å². The Labute approximate surface area is 105 Å². The van der Waals surface area contributed by atoms with E-state index in [9.17, 15) is 8.42 Å². The van der Waals surface area contributed by atoms with E-state index < -0.39 is 10.0 Å². The molecule has 0 unspecified atom stereocenters. The number of anilines is 1. The van der Waals surface area contributed by atoms with Crippen molar-refractivity contribution in [1.82, 2.24) is 14.7 Å². The number of nitrogens with two attached hydrogens (primary N) is 1. The number of nitrogens with one attached hydrogen (secondary N) is 2. The van der Waals surface area contributed by atoms with Crippen molar-refractivity contribution in [2.24, 2.45) is 0 Å². The molecule has 0 fully saturated rings. The molecule has 2 rings (SSSR count). The Kier molecular flexibility index (Phi) is 3.35. The number of aromatic nitrogens is 2. The quantitative estimate of drug-likeness (QED) is 0.712. The van der Waals surface area contributed by atoms with Crippen molar-refractivity contribution in [3.8, 4) is 0 Å². The van der Waals surface area contributed by atoms with E-state index in [1.165, 1.54) is 6.07 Å². The maximum atomic E-state index is 12.0. The van der Waals surface area contributed by atoms with Crippen molar-refractivity contribution >= 4 is 15.7 Å². The first-order chi connectivity index (χ1) is 8.49. The van der Waals surface area contributed by atoms with Gasteiger partial charge < -0.3 is 10.7 Å². The zero-order valence-electron chi connectivity index (χ0n) is 9.84. The summed E-state index contributed by atoms with van der Waals surface area (Å²) in [5.74, 6) is 0.546. The van der Waals surface area contributed by atoms with Crippen LogP contribution in [0.5, 0.6) is 0 Å². The summed E-state index contributed by atoms with van der Waals surface area (Å²) >= 11 is 0. The number of rotatable bonds is 4. The second-order valence-corrected chi connectivity index (χ2v) is 5.64. The van der Waals surface area contributed by atoms with Crippen molar-refractivity contribution in [3.63, 3.8) is 0 Å². The number of hydrogen-bond acceptors (Lipinski definition) is 4. The van der Waals surface area contributed by atoms with Crippen LogP contribution < -0.4 is 10.5 Å². The van der Waals surface area contributed by atoms with E-state index in [4.69, 9.17) is 5.73 Å². The van der Waals surface area contributed by atoms with Gasteiger partial charge in [0.1, 0.15) is 10.7 Å². The molecule has 0 spiro atoms. The minimum Gasteiger partial charge on any atom is -0.398 e. The van der Waals surface area contributed by atoms with Crippen molar-refractivity contribution in [2.75, 3.05) is 5.73 Å². The van der Waals surface area contributed by atoms with Gasteiger partial charge in [-0.05, 0) is 24.6 Å². The fraction of sp³-hybridized carbons (Fsp3) is 0.182. The highest BCUT2D eigenvalue weighted by molar-refractivity contribution is 7.89. The Morgan fingerprint density at radius 2 is 2.22 bits per heavy atom. The monoisotopic (exact) mass is 266 g/mol. The summed E-state index contributed by atoms with van der Waals surface area (Å²) in [6, 6.07) is 4.83. The molecule has 0 saturated carbocycles. The van der Waals surface area contributed by atoms with Crippen LogP contribution in [-0.2, 0) is 16.6 Å². The van der Waals surface area contributed by atoms with E-state index in [0.29, 0.717) is 5.82 Å². The molecule has 0 radical (unpaired) electrons. The Morgan fingerprint density at radius 1 is 1.44 bits per heavy atom. The molecule has 0 aliphatic heterocycles. The van der Waals surface area contributed by atoms with Crippen molar-refractivity contribution < 1.29 is 8.42 Å². The average molecular weight is 266 g/mol. The molecule has 0 amide bonds. The van der Waals surface area contributed by atoms with E-state index in [-0.39, 0.29) is 17.1 Å². The molecule has 96 valence electrons. The molecule has 1 heterocycles. The second kappa shape index (κ2) is 4.79. The Morgan fingerprint density at radius 3 is 2.83 bits per heavy atom. The number of hydrogen-bond donors (Lipinski definition) is 3. The largest absolute Gasteiger partial charge is 0.398 e. The van der Waals surface area contributed by atoms with Crippen molar-refractivity contribution in [3.05, 3.63) is 42.0 Å². The molecule has 6 nitrogen and oxygen atoms in total. The van der Waals surface area contributed by atoms with Crippen LogP contribution in [0.3, 0.4) is 0 Å². The maximum Gasteiger partial charge on any atom is 0.243 e. The predicted molar refractivity (Wildman–Crippen MR) is 68.2 cm³/mol. The summed E-state index contributed by atoms with van der Waals surface area (Å²) in [6.07, 6.45) is 3.19. The first-order valence-electron chi connectivity index (χ1n) is 5.33. The number of nitrogens with zero attached hydrogens (tertiary/aromatic N) is 1. The number of aryl methyl sites for hydroxylation is 1. The number of H-pyrrole nitrogens is 1. The highest BCUT2D eigenvalue weighted by Crippen LogP contribution is 2.19. The smallest absolute Gasteiger partial charge is 0.243 e. The van der Waals surface area contributed by atoms with Gasteiger partial charge in [0, 0.05) is 12.4 Å². The molecule has 0 saturated heterocycles. The average Bonchev–Trinajstić information content (AvgIpc) is 2.78. The van der Waals surface area contributed by atoms with Crippen LogP contribution in [0.1, 0.15) is 11.4 Å². The van der Waals surface area contributed by atoms with Crippen molar-refractivity contribution in [1.29, 1.82) is 0 Å². The Balaban J connectivity index is 2.20. The predicted octanol–water partition coefficient (Wildman–Crippen LogP) is 0.779. The van der Waals surface area contributed by atoms with Gasteiger partial charge in [0.15, 0.2) is 0 Å². The lowest BCUT2D eigenvalue weighted by Crippen LogP contribution is -2.24. The van der Waals surface area contributed by atoms with Gasteiger partial charge in [-0.3, -0.25) is 0 Å². The molecule has 0 aliphatic rings. The summed E-state index contributed by atoms with van der Waals surface area (Å²) in [5, 5.41) is 0. The summed E-state index contributed by atoms with van der Waals surface area (Å²) in [4.78, 5) is 6.83. The van der Waals surface area contributed by atoms with Gasteiger partial charge in [-0.1, -0.05) is 6.07 Å². The molecule has 2 aromatic rings. The highest BCUT2D eigenvalue weighted by Gasteiger charge is 2.17. The number of imidazole rings is 1. The lowest BCUT2D eigenvalue weighted by molar-refractivity contribution is 0.580. The van der Waals surface area contributed by atoms with Crippen LogP contribution in [0.2, 0.25) is 0 Å².